The number of carbonyl (C=O) groups is 3. The van der Waals surface area contributed by atoms with Crippen LogP contribution in [0.4, 0.5) is 0 Å². The van der Waals surface area contributed by atoms with Gasteiger partial charge in [-0.05, 0) is 20.8 Å². The summed E-state index contributed by atoms with van der Waals surface area (Å²) in [5, 5.41) is 17.9. The molecule has 0 bridgehead atoms. The fraction of sp³-hybridized carbons (Fsp3) is 0.625. The molecule has 0 saturated heterocycles. The van der Waals surface area contributed by atoms with Crippen molar-refractivity contribution in [2.45, 2.75) is 32.7 Å². The van der Waals surface area contributed by atoms with Crippen LogP contribution in [0.3, 0.4) is 0 Å². The Morgan fingerprint density at radius 1 is 1.14 bits per heavy atom. The summed E-state index contributed by atoms with van der Waals surface area (Å²) in [4.78, 5) is 28.3. The molecular weight excluding hydrogens is 190 g/mol. The van der Waals surface area contributed by atoms with Gasteiger partial charge in [0.2, 0.25) is 0 Å². The van der Waals surface area contributed by atoms with Gasteiger partial charge < -0.3 is 25.5 Å². The number of quaternary nitrogens is 1. The summed E-state index contributed by atoms with van der Waals surface area (Å²) in [5.74, 6) is -4.16. The van der Waals surface area contributed by atoms with Gasteiger partial charge in [-0.25, -0.2) is 0 Å². The highest BCUT2D eigenvalue weighted by atomic mass is 16.4. The van der Waals surface area contributed by atoms with Crippen LogP contribution in [0.1, 0.15) is 27.2 Å². The number of carboxylic acids is 2. The maximum Gasteiger partial charge on any atom is 0.136 e. The highest BCUT2D eigenvalue weighted by Gasteiger charge is 2.16. The molecule has 0 amide bonds. The van der Waals surface area contributed by atoms with Crippen LogP contribution in [-0.2, 0) is 14.4 Å². The van der Waals surface area contributed by atoms with Crippen LogP contribution in [0.5, 0.6) is 0 Å². The molecule has 0 rings (SSSR count). The Bertz CT molecular complexity index is 216. The lowest BCUT2D eigenvalue weighted by atomic mass is 10.0. The lowest BCUT2D eigenvalue weighted by Gasteiger charge is -2.10. The van der Waals surface area contributed by atoms with E-state index in [0.717, 1.165) is 0 Å². The first-order valence-electron chi connectivity index (χ1n) is 3.83. The minimum atomic E-state index is -2.19. The van der Waals surface area contributed by atoms with E-state index in [1.54, 1.807) is 6.92 Å². The van der Waals surface area contributed by atoms with Crippen molar-refractivity contribution in [1.29, 1.82) is 0 Å². The third-order valence-electron chi connectivity index (χ3n) is 0.894. The minimum Gasteiger partial charge on any atom is -0.543 e. The van der Waals surface area contributed by atoms with Crippen LogP contribution in [0.15, 0.2) is 0 Å². The summed E-state index contributed by atoms with van der Waals surface area (Å²) in [6.07, 6.45) is 0.576. The Morgan fingerprint density at radius 3 is 1.43 bits per heavy atom. The Balaban J connectivity index is 0. The van der Waals surface area contributed by atoms with Gasteiger partial charge in [-0.2, -0.15) is 0 Å². The number of rotatable bonds is 2. The van der Waals surface area contributed by atoms with Gasteiger partial charge in [0.05, 0.1) is 23.9 Å². The summed E-state index contributed by atoms with van der Waals surface area (Å²) in [7, 11) is 0. The summed E-state index contributed by atoms with van der Waals surface area (Å²) < 4.78 is 0. The molecule has 0 aromatic carbocycles. The first-order chi connectivity index (χ1) is 6.06. The van der Waals surface area contributed by atoms with Crippen molar-refractivity contribution in [3.63, 3.8) is 0 Å². The molecule has 0 aliphatic heterocycles. The molecule has 0 fully saturated rings. The largest absolute Gasteiger partial charge is 0.543 e. The average molecular weight is 204 g/mol. The van der Waals surface area contributed by atoms with E-state index in [2.05, 4.69) is 5.73 Å². The Morgan fingerprint density at radius 2 is 1.43 bits per heavy atom. The van der Waals surface area contributed by atoms with E-state index in [1.165, 1.54) is 0 Å². The first kappa shape index (κ1) is 15.1. The number of carboxylic acid groups (broad SMARTS) is 2. The van der Waals surface area contributed by atoms with Crippen molar-refractivity contribution in [2.24, 2.45) is 0 Å². The Hall–Kier alpha value is -1.43. The van der Waals surface area contributed by atoms with E-state index in [9.17, 15) is 4.79 Å². The van der Waals surface area contributed by atoms with Crippen LogP contribution in [0.2, 0.25) is 0 Å². The molecule has 0 aliphatic rings. The molecular formula is C8H14NO5-. The average Bonchev–Trinajstić information content (AvgIpc) is 1.81. The Kier molecular flexibility index (Phi) is 6.55. The third kappa shape index (κ3) is 16.9. The number of carbonyl (C=O) groups excluding carboxylic acids is 3. The molecule has 0 aliphatic carbocycles. The van der Waals surface area contributed by atoms with Crippen molar-refractivity contribution in [1.82, 2.24) is 0 Å². The minimum absolute atomic E-state index is 0.0775. The van der Waals surface area contributed by atoms with Crippen molar-refractivity contribution in [3.05, 3.63) is 0 Å². The zero-order valence-corrected chi connectivity index (χ0v) is 8.46. The van der Waals surface area contributed by atoms with Gasteiger partial charge in [0.25, 0.3) is 0 Å². The van der Waals surface area contributed by atoms with E-state index in [4.69, 9.17) is 19.8 Å². The van der Waals surface area contributed by atoms with Gasteiger partial charge in [-0.3, -0.25) is 4.79 Å². The lowest BCUT2D eigenvalue weighted by Crippen LogP contribution is -2.69. The summed E-state index contributed by atoms with van der Waals surface area (Å²) in [6, 6.07) is 0. The second-order valence-electron chi connectivity index (χ2n) is 3.62. The fourth-order valence-electron chi connectivity index (χ4n) is 0.674. The number of aliphatic carboxylic acids is 2. The van der Waals surface area contributed by atoms with E-state index in [0.29, 0.717) is 6.42 Å². The molecule has 0 saturated carbocycles. The highest BCUT2D eigenvalue weighted by Crippen LogP contribution is 1.99. The first-order valence-corrected chi connectivity index (χ1v) is 3.83. The van der Waals surface area contributed by atoms with Gasteiger partial charge in [-0.1, -0.05) is 0 Å². The van der Waals surface area contributed by atoms with E-state index in [1.807, 2.05) is 13.8 Å². The monoisotopic (exact) mass is 204 g/mol. The molecule has 82 valence electrons. The van der Waals surface area contributed by atoms with Gasteiger partial charge in [0, 0.05) is 0 Å². The molecule has 0 unspecified atom stereocenters. The molecule has 6 nitrogen and oxygen atoms in total. The van der Waals surface area contributed by atoms with E-state index in [-0.39, 0.29) is 11.3 Å². The van der Waals surface area contributed by atoms with E-state index >= 15 is 0 Å². The zero-order valence-electron chi connectivity index (χ0n) is 8.46. The molecule has 14 heavy (non-hydrogen) atoms. The van der Waals surface area contributed by atoms with Crippen LogP contribution in [0.25, 0.3) is 0 Å². The standard InChI is InChI=1S/C6H13NO.C2H2O4/c1-5(8)4-6(2,3)7;3-1(4)2(5)6/h4,7H2,1-3H3;(H,3,4)(H,5,6)/p-1. The molecule has 0 spiro atoms. The normalized spacial score (nSPS) is 9.71. The summed E-state index contributed by atoms with van der Waals surface area (Å²) >= 11 is 0. The van der Waals surface area contributed by atoms with Crippen LogP contribution in [0, 0.1) is 0 Å². The van der Waals surface area contributed by atoms with Crippen molar-refractivity contribution in [3.8, 4) is 0 Å². The molecule has 0 aromatic rings. The second kappa shape index (κ2) is 6.09. The van der Waals surface area contributed by atoms with Crippen molar-refractivity contribution >= 4 is 17.7 Å². The molecule has 6 heteroatoms. The van der Waals surface area contributed by atoms with Crippen LogP contribution in [-0.4, -0.2) is 23.3 Å². The topological polar surface area (TPSA) is 125 Å². The maximum absolute atomic E-state index is 10.4. The van der Waals surface area contributed by atoms with Crippen LogP contribution >= 0.6 is 0 Å². The van der Waals surface area contributed by atoms with Crippen LogP contribution < -0.4 is 15.9 Å². The molecule has 0 radical (unpaired) electrons. The number of Topliss-reactive ketones (excluding diaryl/α,β-unsaturated/α-hetero) is 1. The zero-order chi connectivity index (χ0) is 11.9. The van der Waals surface area contributed by atoms with Gasteiger partial charge in [-0.15, -0.1) is 0 Å². The van der Waals surface area contributed by atoms with E-state index < -0.39 is 11.9 Å². The predicted octanol–water partition coefficient (Wildman–Crippen LogP) is -3.53. The summed E-state index contributed by atoms with van der Waals surface area (Å²) in [5.41, 5.74) is 3.71. The second-order valence-corrected chi connectivity index (χ2v) is 3.62. The maximum atomic E-state index is 10.4. The van der Waals surface area contributed by atoms with Crippen molar-refractivity contribution in [2.75, 3.05) is 0 Å². The highest BCUT2D eigenvalue weighted by molar-refractivity contribution is 6.25. The smallest absolute Gasteiger partial charge is 0.136 e. The van der Waals surface area contributed by atoms with Gasteiger partial charge in [0.1, 0.15) is 5.78 Å². The number of hydrogen-bond donors (Lipinski definition) is 1. The molecule has 0 atom stereocenters. The predicted molar refractivity (Wildman–Crippen MR) is 42.3 cm³/mol. The fourth-order valence-corrected chi connectivity index (χ4v) is 0.674. The number of hydrogen-bond acceptors (Lipinski definition) is 5. The number of ketones is 1. The molecule has 0 heterocycles. The third-order valence-corrected chi connectivity index (χ3v) is 0.894. The lowest BCUT2D eigenvalue weighted by molar-refractivity contribution is -0.463. The van der Waals surface area contributed by atoms with Crippen molar-refractivity contribution < 1.29 is 30.3 Å². The molecule has 0 aromatic heterocycles. The molecule has 3 N–H and O–H groups in total. The quantitative estimate of drug-likeness (QED) is 0.466. The van der Waals surface area contributed by atoms with Gasteiger partial charge in [0.15, 0.2) is 0 Å². The SMILES string of the molecule is CC(=O)CC(C)(C)[NH3+].O=C([O-])C(=O)[O-]. The Labute approximate surface area is 81.7 Å². The summed E-state index contributed by atoms with van der Waals surface area (Å²) in [6.45, 7) is 5.50. The van der Waals surface area contributed by atoms with Gasteiger partial charge >= 0.3 is 0 Å².